The number of nitrogens with one attached hydrogen (secondary N) is 1. The predicted octanol–water partition coefficient (Wildman–Crippen LogP) is 6.13. The quantitative estimate of drug-likeness (QED) is 0.456. The van der Waals surface area contributed by atoms with Gasteiger partial charge in [-0.05, 0) is 41.8 Å². The van der Waals surface area contributed by atoms with Gasteiger partial charge in [-0.1, -0.05) is 47.5 Å². The van der Waals surface area contributed by atoms with Crippen LogP contribution in [0.3, 0.4) is 0 Å². The highest BCUT2D eigenvalue weighted by molar-refractivity contribution is 6.40. The van der Waals surface area contributed by atoms with Crippen LogP contribution in [0.25, 0.3) is 22.3 Å². The maximum Gasteiger partial charge on any atom is 0.227 e. The summed E-state index contributed by atoms with van der Waals surface area (Å²) < 4.78 is 5.40. The number of benzene rings is 3. The number of ether oxygens (including phenoxy) is 1. The molecule has 0 saturated carbocycles. The van der Waals surface area contributed by atoms with E-state index in [4.69, 9.17) is 27.9 Å². The van der Waals surface area contributed by atoms with Crippen LogP contribution in [0, 0.1) is 0 Å². The van der Waals surface area contributed by atoms with Gasteiger partial charge in [0.25, 0.3) is 0 Å². The standard InChI is InChI=1S/C25H22Cl2N2O4/c1-14(30)28-21-9-8-15(13-22(21)33-2)17-5-3-6-18(25(17)32)16-11-19(26)24(20(27)12-16)29-10-4-7-23(29)31/h3,5-6,8-9,11-13,32H,4,7,10H2,1-2H3,(H,28,30). The molecule has 0 radical (unpaired) electrons. The lowest BCUT2D eigenvalue weighted by atomic mass is 9.96. The molecule has 0 spiro atoms. The summed E-state index contributed by atoms with van der Waals surface area (Å²) in [5, 5.41) is 14.5. The van der Waals surface area contributed by atoms with Crippen LogP contribution in [0.15, 0.2) is 48.5 Å². The summed E-state index contributed by atoms with van der Waals surface area (Å²) in [6.45, 7) is 2.00. The van der Waals surface area contributed by atoms with E-state index in [2.05, 4.69) is 5.32 Å². The van der Waals surface area contributed by atoms with Crippen molar-refractivity contribution in [2.75, 3.05) is 23.9 Å². The SMILES string of the molecule is COc1cc(-c2cccc(-c3cc(Cl)c(N4CCCC4=O)c(Cl)c3)c2O)ccc1NC(C)=O. The third-order valence-electron chi connectivity index (χ3n) is 5.53. The average molecular weight is 485 g/mol. The molecule has 170 valence electrons. The number of methoxy groups -OCH3 is 1. The molecule has 0 bridgehead atoms. The van der Waals surface area contributed by atoms with Gasteiger partial charge in [-0.25, -0.2) is 0 Å². The number of phenols is 1. The van der Waals surface area contributed by atoms with E-state index >= 15 is 0 Å². The molecule has 1 aliphatic heterocycles. The molecule has 8 heteroatoms. The molecule has 3 aromatic carbocycles. The van der Waals surface area contributed by atoms with Crippen molar-refractivity contribution in [3.8, 4) is 33.8 Å². The maximum atomic E-state index is 12.2. The lowest BCUT2D eigenvalue weighted by Gasteiger charge is -2.20. The van der Waals surface area contributed by atoms with Crippen LogP contribution < -0.4 is 15.0 Å². The van der Waals surface area contributed by atoms with Crippen molar-refractivity contribution in [1.29, 1.82) is 0 Å². The first-order chi connectivity index (χ1) is 15.8. The van der Waals surface area contributed by atoms with E-state index in [1.807, 2.05) is 6.07 Å². The monoisotopic (exact) mass is 484 g/mol. The Hall–Kier alpha value is -3.22. The molecule has 1 heterocycles. The van der Waals surface area contributed by atoms with Crippen LogP contribution in [0.5, 0.6) is 11.5 Å². The van der Waals surface area contributed by atoms with Gasteiger partial charge in [-0.2, -0.15) is 0 Å². The van der Waals surface area contributed by atoms with Gasteiger partial charge in [0.05, 0.1) is 28.5 Å². The van der Waals surface area contributed by atoms with E-state index in [1.165, 1.54) is 14.0 Å². The smallest absolute Gasteiger partial charge is 0.227 e. The van der Waals surface area contributed by atoms with Crippen molar-refractivity contribution < 1.29 is 19.4 Å². The van der Waals surface area contributed by atoms with Crippen LogP contribution in [-0.4, -0.2) is 30.6 Å². The van der Waals surface area contributed by atoms with Gasteiger partial charge in [0, 0.05) is 31.0 Å². The van der Waals surface area contributed by atoms with Crippen molar-refractivity contribution >= 4 is 46.4 Å². The van der Waals surface area contributed by atoms with Crippen LogP contribution in [0.2, 0.25) is 10.0 Å². The van der Waals surface area contributed by atoms with Crippen LogP contribution in [0.1, 0.15) is 19.8 Å². The van der Waals surface area contributed by atoms with Gasteiger partial charge in [-0.3, -0.25) is 9.59 Å². The van der Waals surface area contributed by atoms with Gasteiger partial charge < -0.3 is 20.1 Å². The summed E-state index contributed by atoms with van der Waals surface area (Å²) in [5.74, 6) is 0.300. The lowest BCUT2D eigenvalue weighted by Crippen LogP contribution is -2.24. The summed E-state index contributed by atoms with van der Waals surface area (Å²) in [7, 11) is 1.51. The van der Waals surface area contributed by atoms with Crippen molar-refractivity contribution in [2.24, 2.45) is 0 Å². The minimum absolute atomic E-state index is 0.00643. The molecule has 0 aliphatic carbocycles. The van der Waals surface area contributed by atoms with Crippen LogP contribution in [-0.2, 0) is 9.59 Å². The number of hydrogen-bond acceptors (Lipinski definition) is 4. The summed E-state index contributed by atoms with van der Waals surface area (Å²) in [5.41, 5.74) is 3.48. The maximum absolute atomic E-state index is 12.2. The number of phenolic OH excluding ortho intramolecular Hbond substituents is 1. The van der Waals surface area contributed by atoms with E-state index in [9.17, 15) is 14.7 Å². The molecular weight excluding hydrogens is 463 g/mol. The fourth-order valence-corrected chi connectivity index (χ4v) is 4.72. The molecule has 1 fully saturated rings. The molecule has 1 aliphatic rings. The summed E-state index contributed by atoms with van der Waals surface area (Å²) in [6, 6.07) is 14.0. The first-order valence-corrected chi connectivity index (χ1v) is 11.1. The predicted molar refractivity (Wildman–Crippen MR) is 131 cm³/mol. The zero-order valence-corrected chi connectivity index (χ0v) is 19.6. The molecule has 2 amide bonds. The molecule has 2 N–H and O–H groups in total. The topological polar surface area (TPSA) is 78.9 Å². The molecule has 4 rings (SSSR count). The number of aromatic hydroxyl groups is 1. The lowest BCUT2D eigenvalue weighted by molar-refractivity contribution is -0.117. The Morgan fingerprint density at radius 1 is 1.06 bits per heavy atom. The Bertz CT molecular complexity index is 1240. The van der Waals surface area contributed by atoms with E-state index in [1.54, 1.807) is 47.4 Å². The van der Waals surface area contributed by atoms with E-state index in [0.29, 0.717) is 62.4 Å². The Morgan fingerprint density at radius 3 is 2.30 bits per heavy atom. The minimum Gasteiger partial charge on any atom is -0.507 e. The molecule has 0 atom stereocenters. The number of anilines is 2. The Labute approximate surface area is 201 Å². The minimum atomic E-state index is -0.210. The molecule has 0 aromatic heterocycles. The second-order valence-electron chi connectivity index (χ2n) is 7.74. The van der Waals surface area contributed by atoms with E-state index in [-0.39, 0.29) is 17.6 Å². The summed E-state index contributed by atoms with van der Waals surface area (Å²) in [6.07, 6.45) is 1.24. The van der Waals surface area contributed by atoms with Gasteiger partial charge >= 0.3 is 0 Å². The van der Waals surface area contributed by atoms with Crippen molar-refractivity contribution in [3.63, 3.8) is 0 Å². The molecular formula is C25H22Cl2N2O4. The number of carbonyl (C=O) groups excluding carboxylic acids is 2. The van der Waals surface area contributed by atoms with Crippen molar-refractivity contribution in [2.45, 2.75) is 19.8 Å². The number of rotatable bonds is 5. The van der Waals surface area contributed by atoms with Crippen LogP contribution in [0.4, 0.5) is 11.4 Å². The highest BCUT2D eigenvalue weighted by Gasteiger charge is 2.26. The summed E-state index contributed by atoms with van der Waals surface area (Å²) in [4.78, 5) is 25.2. The second kappa shape index (κ2) is 9.33. The van der Waals surface area contributed by atoms with Crippen molar-refractivity contribution in [1.82, 2.24) is 0 Å². The highest BCUT2D eigenvalue weighted by Crippen LogP contribution is 2.44. The average Bonchev–Trinajstić information content (AvgIpc) is 3.19. The zero-order valence-electron chi connectivity index (χ0n) is 18.1. The highest BCUT2D eigenvalue weighted by atomic mass is 35.5. The Balaban J connectivity index is 1.75. The van der Waals surface area contributed by atoms with Crippen molar-refractivity contribution in [3.05, 3.63) is 58.6 Å². The molecule has 33 heavy (non-hydrogen) atoms. The largest absolute Gasteiger partial charge is 0.507 e. The fourth-order valence-electron chi connectivity index (χ4n) is 4.02. The number of para-hydroxylation sites is 1. The first-order valence-electron chi connectivity index (χ1n) is 10.4. The Kier molecular flexibility index (Phi) is 6.49. The zero-order chi connectivity index (χ0) is 23.7. The third kappa shape index (κ3) is 4.49. The number of halogens is 2. The molecule has 0 unspecified atom stereocenters. The number of carbonyl (C=O) groups is 2. The van der Waals surface area contributed by atoms with E-state index < -0.39 is 0 Å². The second-order valence-corrected chi connectivity index (χ2v) is 8.55. The first kappa shape index (κ1) is 23.0. The number of hydrogen-bond donors (Lipinski definition) is 2. The third-order valence-corrected chi connectivity index (χ3v) is 6.11. The fraction of sp³-hybridized carbons (Fsp3) is 0.200. The summed E-state index contributed by atoms with van der Waals surface area (Å²) >= 11 is 13.1. The molecule has 3 aromatic rings. The Morgan fingerprint density at radius 2 is 1.73 bits per heavy atom. The van der Waals surface area contributed by atoms with E-state index in [0.717, 1.165) is 6.42 Å². The molecule has 1 saturated heterocycles. The van der Waals surface area contributed by atoms with Gasteiger partial charge in [0.15, 0.2) is 0 Å². The number of nitrogens with zero attached hydrogens (tertiary/aromatic N) is 1. The number of amides is 2. The van der Waals surface area contributed by atoms with Gasteiger partial charge in [0.2, 0.25) is 11.8 Å². The molecule has 6 nitrogen and oxygen atoms in total. The normalized spacial score (nSPS) is 13.3. The van der Waals surface area contributed by atoms with Gasteiger partial charge in [0.1, 0.15) is 11.5 Å². The van der Waals surface area contributed by atoms with Gasteiger partial charge in [-0.15, -0.1) is 0 Å². The van der Waals surface area contributed by atoms with Crippen LogP contribution >= 0.6 is 23.2 Å².